The summed E-state index contributed by atoms with van der Waals surface area (Å²) in [5, 5.41) is 7.29. The van der Waals surface area contributed by atoms with Gasteiger partial charge in [-0.1, -0.05) is 0 Å². The normalized spacial score (nSPS) is 16.7. The lowest BCUT2D eigenvalue weighted by atomic mass is 10.1. The van der Waals surface area contributed by atoms with Gasteiger partial charge in [0.2, 0.25) is 0 Å². The first kappa shape index (κ1) is 18.6. The zero-order valence-corrected chi connectivity index (χ0v) is 16.5. The number of hydrogen-bond acceptors (Lipinski definition) is 5. The molecule has 0 aromatic carbocycles. The number of carbonyl (C=O) groups excluding carboxylic acids is 1. The molecule has 1 aliphatic rings. The second-order valence-electron chi connectivity index (χ2n) is 7.51. The number of ether oxygens (including phenoxy) is 1. The zero-order valence-electron chi connectivity index (χ0n) is 16.5. The van der Waals surface area contributed by atoms with Gasteiger partial charge < -0.3 is 18.9 Å². The number of furan rings is 1. The third kappa shape index (κ3) is 3.99. The van der Waals surface area contributed by atoms with Gasteiger partial charge in [-0.15, -0.1) is 0 Å². The molecule has 0 saturated carbocycles. The van der Waals surface area contributed by atoms with E-state index < -0.39 is 0 Å². The fourth-order valence-electron chi connectivity index (χ4n) is 3.70. The first-order valence-electron chi connectivity index (χ1n) is 10.2. The number of fused-ring (bicyclic) bond motifs is 1. The van der Waals surface area contributed by atoms with Gasteiger partial charge >= 0.3 is 0 Å². The van der Waals surface area contributed by atoms with Crippen LogP contribution in [-0.2, 0) is 17.8 Å². The average molecular weight is 405 g/mol. The standard InChI is InChI=1S/C22H23N5O3/c28-22(24-12-16-6-8-26-9-7-23-21(26)11-16)20-5-4-19(30-20)17-13-25-27(14-17)15-18-3-1-2-10-29-18/h4-9,11,13-14,18H,1-3,10,12,15H2,(H,24,28). The molecule has 5 rings (SSSR count). The molecule has 0 radical (unpaired) electrons. The lowest BCUT2D eigenvalue weighted by molar-refractivity contribution is 0.00400. The monoisotopic (exact) mass is 405 g/mol. The summed E-state index contributed by atoms with van der Waals surface area (Å²) in [4.78, 5) is 16.7. The molecule has 1 unspecified atom stereocenters. The summed E-state index contributed by atoms with van der Waals surface area (Å²) in [6.45, 7) is 1.96. The smallest absolute Gasteiger partial charge is 0.287 e. The van der Waals surface area contributed by atoms with Gasteiger partial charge in [-0.2, -0.15) is 5.10 Å². The maximum Gasteiger partial charge on any atom is 0.287 e. The molecule has 0 bridgehead atoms. The fraction of sp³-hybridized carbons (Fsp3) is 0.318. The Labute approximate surface area is 173 Å². The Morgan fingerprint density at radius 2 is 2.20 bits per heavy atom. The molecule has 1 saturated heterocycles. The minimum absolute atomic E-state index is 0.214. The number of imidazole rings is 1. The number of nitrogens with one attached hydrogen (secondary N) is 1. The molecule has 0 aliphatic carbocycles. The van der Waals surface area contributed by atoms with Crippen molar-refractivity contribution >= 4 is 11.6 Å². The highest BCUT2D eigenvalue weighted by molar-refractivity contribution is 5.92. The van der Waals surface area contributed by atoms with Crippen LogP contribution in [0.5, 0.6) is 0 Å². The van der Waals surface area contributed by atoms with E-state index in [1.807, 2.05) is 39.8 Å². The molecular formula is C22H23N5O3. The highest BCUT2D eigenvalue weighted by Gasteiger charge is 2.17. The summed E-state index contributed by atoms with van der Waals surface area (Å²) in [5.74, 6) is 0.637. The molecule has 5 heterocycles. The molecule has 4 aromatic rings. The van der Waals surface area contributed by atoms with E-state index >= 15 is 0 Å². The van der Waals surface area contributed by atoms with Gasteiger partial charge in [-0.3, -0.25) is 9.48 Å². The Balaban J connectivity index is 1.21. The van der Waals surface area contributed by atoms with E-state index in [2.05, 4.69) is 15.4 Å². The highest BCUT2D eigenvalue weighted by Crippen LogP contribution is 2.22. The van der Waals surface area contributed by atoms with E-state index in [9.17, 15) is 4.79 Å². The predicted molar refractivity (Wildman–Crippen MR) is 110 cm³/mol. The molecule has 8 heteroatoms. The molecule has 1 atom stereocenters. The Hall–Kier alpha value is -3.39. The summed E-state index contributed by atoms with van der Waals surface area (Å²) < 4.78 is 15.3. The number of carbonyl (C=O) groups is 1. The molecular weight excluding hydrogens is 382 g/mol. The molecule has 1 N–H and O–H groups in total. The third-order valence-electron chi connectivity index (χ3n) is 5.33. The number of hydrogen-bond donors (Lipinski definition) is 1. The second kappa shape index (κ2) is 8.16. The lowest BCUT2D eigenvalue weighted by Crippen LogP contribution is -2.24. The molecule has 30 heavy (non-hydrogen) atoms. The molecule has 4 aromatic heterocycles. The van der Waals surface area contributed by atoms with Crippen molar-refractivity contribution in [2.45, 2.75) is 38.5 Å². The first-order chi connectivity index (χ1) is 14.7. The van der Waals surface area contributed by atoms with Crippen LogP contribution in [0.15, 0.2) is 59.7 Å². The summed E-state index contributed by atoms with van der Waals surface area (Å²) >= 11 is 0. The second-order valence-corrected chi connectivity index (χ2v) is 7.51. The van der Waals surface area contributed by atoms with Crippen LogP contribution < -0.4 is 5.32 Å². The van der Waals surface area contributed by atoms with Crippen molar-refractivity contribution in [3.8, 4) is 11.3 Å². The third-order valence-corrected chi connectivity index (χ3v) is 5.33. The SMILES string of the molecule is O=C(NCc1ccn2ccnc2c1)c1ccc(-c2cnn(CC3CCCCO3)c2)o1. The molecule has 1 fully saturated rings. The Kier molecular flexibility index (Phi) is 5.06. The fourth-order valence-corrected chi connectivity index (χ4v) is 3.70. The summed E-state index contributed by atoms with van der Waals surface area (Å²) in [6.07, 6.45) is 12.8. The quantitative estimate of drug-likeness (QED) is 0.532. The molecule has 1 amide bonds. The van der Waals surface area contributed by atoms with Gasteiger partial charge in [0, 0.05) is 37.9 Å². The summed E-state index contributed by atoms with van der Waals surface area (Å²) in [5.41, 5.74) is 2.66. The van der Waals surface area contributed by atoms with E-state index in [-0.39, 0.29) is 17.8 Å². The van der Waals surface area contributed by atoms with Crippen LogP contribution in [0.3, 0.4) is 0 Å². The van der Waals surface area contributed by atoms with Crippen LogP contribution in [0, 0.1) is 0 Å². The maximum atomic E-state index is 12.5. The number of pyridine rings is 1. The highest BCUT2D eigenvalue weighted by atomic mass is 16.5. The van der Waals surface area contributed by atoms with Crippen molar-refractivity contribution in [2.24, 2.45) is 0 Å². The van der Waals surface area contributed by atoms with Gasteiger partial charge in [0.15, 0.2) is 5.76 Å². The molecule has 1 aliphatic heterocycles. The maximum absolute atomic E-state index is 12.5. The summed E-state index contributed by atoms with van der Waals surface area (Å²) in [7, 11) is 0. The van der Waals surface area contributed by atoms with Gasteiger partial charge in [0.1, 0.15) is 11.4 Å². The van der Waals surface area contributed by atoms with Crippen LogP contribution in [-0.4, -0.2) is 37.8 Å². The number of amides is 1. The van der Waals surface area contributed by atoms with Crippen molar-refractivity contribution in [3.63, 3.8) is 0 Å². The van der Waals surface area contributed by atoms with E-state index in [0.29, 0.717) is 12.3 Å². The molecule has 8 nitrogen and oxygen atoms in total. The summed E-state index contributed by atoms with van der Waals surface area (Å²) in [6, 6.07) is 7.37. The number of nitrogens with zero attached hydrogens (tertiary/aromatic N) is 4. The van der Waals surface area contributed by atoms with E-state index in [1.165, 1.54) is 6.42 Å². The average Bonchev–Trinajstić information content (AvgIpc) is 3.52. The van der Waals surface area contributed by atoms with Crippen LogP contribution in [0.1, 0.15) is 35.4 Å². The van der Waals surface area contributed by atoms with Crippen molar-refractivity contribution in [2.75, 3.05) is 6.61 Å². The number of rotatable bonds is 6. The van der Waals surface area contributed by atoms with E-state index in [1.54, 1.807) is 24.5 Å². The van der Waals surface area contributed by atoms with Crippen LogP contribution in [0.4, 0.5) is 0 Å². The van der Waals surface area contributed by atoms with Crippen molar-refractivity contribution < 1.29 is 13.9 Å². The Morgan fingerprint density at radius 1 is 1.23 bits per heavy atom. The van der Waals surface area contributed by atoms with Gasteiger partial charge in [-0.05, 0) is 49.1 Å². The lowest BCUT2D eigenvalue weighted by Gasteiger charge is -2.22. The Morgan fingerprint density at radius 3 is 3.10 bits per heavy atom. The predicted octanol–water partition coefficient (Wildman–Crippen LogP) is 3.29. The van der Waals surface area contributed by atoms with Gasteiger partial charge in [0.25, 0.3) is 5.91 Å². The minimum Gasteiger partial charge on any atom is -0.451 e. The molecule has 154 valence electrons. The minimum atomic E-state index is -0.257. The van der Waals surface area contributed by atoms with Crippen molar-refractivity contribution in [1.29, 1.82) is 0 Å². The topological polar surface area (TPSA) is 86.6 Å². The first-order valence-corrected chi connectivity index (χ1v) is 10.2. The molecule has 0 spiro atoms. The van der Waals surface area contributed by atoms with Crippen LogP contribution in [0.25, 0.3) is 17.0 Å². The number of aromatic nitrogens is 4. The van der Waals surface area contributed by atoms with Gasteiger partial charge in [0.05, 0.1) is 24.4 Å². The van der Waals surface area contributed by atoms with Crippen molar-refractivity contribution in [1.82, 2.24) is 24.5 Å². The Bertz CT molecular complexity index is 1150. The van der Waals surface area contributed by atoms with Crippen LogP contribution in [0.2, 0.25) is 0 Å². The van der Waals surface area contributed by atoms with Crippen molar-refractivity contribution in [3.05, 3.63) is 66.6 Å². The zero-order chi connectivity index (χ0) is 20.3. The van der Waals surface area contributed by atoms with Crippen LogP contribution >= 0.6 is 0 Å². The largest absolute Gasteiger partial charge is 0.451 e. The van der Waals surface area contributed by atoms with E-state index in [4.69, 9.17) is 9.15 Å². The van der Waals surface area contributed by atoms with E-state index in [0.717, 1.165) is 42.8 Å². The van der Waals surface area contributed by atoms with Gasteiger partial charge in [-0.25, -0.2) is 4.98 Å².